The molecule has 0 aliphatic carbocycles. The molecule has 1 unspecified atom stereocenters. The Bertz CT molecular complexity index is 1550. The topological polar surface area (TPSA) is 177 Å². The van der Waals surface area contributed by atoms with Gasteiger partial charge in [-0.25, -0.2) is 26.9 Å². The summed E-state index contributed by atoms with van der Waals surface area (Å²) in [5.74, 6) is -1.56. The van der Waals surface area contributed by atoms with Crippen LogP contribution in [0.4, 0.5) is 11.4 Å². The summed E-state index contributed by atoms with van der Waals surface area (Å²) in [7, 11) is -8.32. The molecular weight excluding hydrogens is 524 g/mol. The number of primary sulfonamides is 1. The summed E-state index contributed by atoms with van der Waals surface area (Å²) < 4.78 is 56.6. The van der Waals surface area contributed by atoms with Crippen molar-refractivity contribution >= 4 is 49.1 Å². The summed E-state index contributed by atoms with van der Waals surface area (Å²) in [4.78, 5) is 38.0. The van der Waals surface area contributed by atoms with E-state index < -0.39 is 44.3 Å². The van der Waals surface area contributed by atoms with Crippen molar-refractivity contribution in [3.05, 3.63) is 72.7 Å². The Labute approximate surface area is 212 Å². The minimum atomic E-state index is -4.33. The number of benzene rings is 2. The van der Waals surface area contributed by atoms with E-state index in [-0.39, 0.29) is 33.7 Å². The van der Waals surface area contributed by atoms with E-state index in [1.165, 1.54) is 55.7 Å². The van der Waals surface area contributed by atoms with Gasteiger partial charge in [-0.2, -0.15) is 4.31 Å². The Morgan fingerprint density at radius 3 is 2.19 bits per heavy atom. The van der Waals surface area contributed by atoms with Crippen LogP contribution in [0.3, 0.4) is 0 Å². The van der Waals surface area contributed by atoms with Crippen molar-refractivity contribution in [2.75, 3.05) is 10.2 Å². The zero-order chi connectivity index (χ0) is 27.0. The van der Waals surface area contributed by atoms with Gasteiger partial charge in [0.25, 0.3) is 5.91 Å². The smallest absolute Gasteiger partial charge is 0.252 e. The Kier molecular flexibility index (Phi) is 7.01. The lowest BCUT2D eigenvalue weighted by atomic mass is 10.2. The van der Waals surface area contributed by atoms with Crippen molar-refractivity contribution in [2.45, 2.75) is 35.7 Å². The molecule has 2 heterocycles. The van der Waals surface area contributed by atoms with Gasteiger partial charge in [-0.15, -0.1) is 0 Å². The second kappa shape index (κ2) is 9.89. The monoisotopic (exact) mass is 546 g/mol. The number of hydrogen-bond acceptors (Lipinski definition) is 8. The van der Waals surface area contributed by atoms with Crippen LogP contribution in [0.5, 0.6) is 0 Å². The van der Waals surface area contributed by atoms with Crippen LogP contribution in [0.1, 0.15) is 19.1 Å². The fourth-order valence-corrected chi connectivity index (χ4v) is 5.93. The highest BCUT2D eigenvalue weighted by atomic mass is 32.2. The van der Waals surface area contributed by atoms with E-state index in [0.29, 0.717) is 5.69 Å². The predicted molar refractivity (Wildman–Crippen MR) is 131 cm³/mol. The number of hydrogen-bond donors (Lipinski definition) is 2. The lowest BCUT2D eigenvalue weighted by Crippen LogP contribution is -2.45. The maximum atomic E-state index is 13.7. The van der Waals surface area contributed by atoms with Gasteiger partial charge in [0.05, 0.1) is 34.7 Å². The highest BCUT2D eigenvalue weighted by molar-refractivity contribution is 7.89. The molecular formula is C23H22N4O8S2. The van der Waals surface area contributed by atoms with E-state index in [0.717, 1.165) is 21.3 Å². The number of carbonyl (C=O) groups is 3. The molecule has 1 saturated heterocycles. The van der Waals surface area contributed by atoms with Crippen LogP contribution in [0, 0.1) is 0 Å². The Morgan fingerprint density at radius 1 is 1.03 bits per heavy atom. The average molecular weight is 547 g/mol. The molecule has 3 aromatic rings. The van der Waals surface area contributed by atoms with Crippen molar-refractivity contribution in [3.63, 3.8) is 0 Å². The second-order valence-corrected chi connectivity index (χ2v) is 11.6. The fourth-order valence-electron chi connectivity index (χ4n) is 3.86. The summed E-state index contributed by atoms with van der Waals surface area (Å²) >= 11 is 0. The van der Waals surface area contributed by atoms with Gasteiger partial charge >= 0.3 is 0 Å². The molecule has 3 N–H and O–H groups in total. The Morgan fingerprint density at radius 2 is 1.65 bits per heavy atom. The van der Waals surface area contributed by atoms with Crippen molar-refractivity contribution in [2.24, 2.45) is 5.14 Å². The van der Waals surface area contributed by atoms with Gasteiger partial charge in [0.2, 0.25) is 31.9 Å². The lowest BCUT2D eigenvalue weighted by Gasteiger charge is -2.26. The number of nitrogens with one attached hydrogen (secondary N) is 1. The number of rotatable bonds is 8. The van der Waals surface area contributed by atoms with E-state index >= 15 is 0 Å². The van der Waals surface area contributed by atoms with Crippen LogP contribution < -0.4 is 15.4 Å². The van der Waals surface area contributed by atoms with E-state index in [4.69, 9.17) is 9.56 Å². The number of sulfonamides is 2. The minimum Gasteiger partial charge on any atom is -0.468 e. The van der Waals surface area contributed by atoms with Crippen molar-refractivity contribution < 1.29 is 35.6 Å². The molecule has 12 nitrogen and oxygen atoms in total. The molecule has 3 amide bonds. The fraction of sp³-hybridized carbons (Fsp3) is 0.174. The zero-order valence-corrected chi connectivity index (χ0v) is 21.0. The molecule has 0 radical (unpaired) electrons. The first-order chi connectivity index (χ1) is 17.4. The van der Waals surface area contributed by atoms with E-state index in [1.807, 2.05) is 0 Å². The number of imide groups is 1. The average Bonchev–Trinajstić information content (AvgIpc) is 3.44. The van der Waals surface area contributed by atoms with Crippen molar-refractivity contribution in [1.29, 1.82) is 0 Å². The molecule has 1 atom stereocenters. The summed E-state index contributed by atoms with van der Waals surface area (Å²) in [6.45, 7) is 0.984. The highest BCUT2D eigenvalue weighted by Crippen LogP contribution is 2.31. The Hall–Kier alpha value is -3.85. The van der Waals surface area contributed by atoms with Crippen LogP contribution in [0.15, 0.2) is 81.1 Å². The zero-order valence-electron chi connectivity index (χ0n) is 19.4. The van der Waals surface area contributed by atoms with E-state index in [2.05, 4.69) is 5.32 Å². The first-order valence-corrected chi connectivity index (χ1v) is 13.8. The summed E-state index contributed by atoms with van der Waals surface area (Å²) in [6, 6.07) is 11.8. The van der Waals surface area contributed by atoms with Gasteiger partial charge in [0.15, 0.2) is 0 Å². The quantitative estimate of drug-likeness (QED) is 0.398. The van der Waals surface area contributed by atoms with Crippen molar-refractivity contribution in [3.8, 4) is 0 Å². The van der Waals surface area contributed by atoms with Crippen LogP contribution in [-0.2, 0) is 41.0 Å². The molecule has 1 aliphatic heterocycles. The number of carbonyl (C=O) groups excluding carboxylic acids is 3. The summed E-state index contributed by atoms with van der Waals surface area (Å²) in [5.41, 5.74) is 0.449. The van der Waals surface area contributed by atoms with E-state index in [9.17, 15) is 31.2 Å². The van der Waals surface area contributed by atoms with Gasteiger partial charge in [-0.3, -0.25) is 14.4 Å². The molecule has 1 aromatic heterocycles. The molecule has 1 aliphatic rings. The van der Waals surface area contributed by atoms with Gasteiger partial charge in [0.1, 0.15) is 11.8 Å². The molecule has 0 spiro atoms. The van der Waals surface area contributed by atoms with Gasteiger partial charge in [0, 0.05) is 12.6 Å². The number of anilines is 2. The van der Waals surface area contributed by atoms with Gasteiger partial charge in [-0.1, -0.05) is 0 Å². The molecule has 2 aromatic carbocycles. The van der Waals surface area contributed by atoms with Crippen LogP contribution >= 0.6 is 0 Å². The van der Waals surface area contributed by atoms with Crippen molar-refractivity contribution in [1.82, 2.24) is 4.31 Å². The third kappa shape index (κ3) is 5.46. The lowest BCUT2D eigenvalue weighted by molar-refractivity contribution is -0.122. The van der Waals surface area contributed by atoms with Crippen LogP contribution in [0.2, 0.25) is 0 Å². The molecule has 0 bridgehead atoms. The van der Waals surface area contributed by atoms with E-state index in [1.54, 1.807) is 6.07 Å². The molecule has 0 saturated carbocycles. The first kappa shape index (κ1) is 26.2. The maximum Gasteiger partial charge on any atom is 0.252 e. The normalized spacial score (nSPS) is 16.4. The third-order valence-corrected chi connectivity index (χ3v) is 8.37. The van der Waals surface area contributed by atoms with Gasteiger partial charge in [-0.05, 0) is 60.7 Å². The molecule has 37 heavy (non-hydrogen) atoms. The second-order valence-electron chi connectivity index (χ2n) is 8.16. The predicted octanol–water partition coefficient (Wildman–Crippen LogP) is 1.41. The number of nitrogens with two attached hydrogens (primary N) is 1. The largest absolute Gasteiger partial charge is 0.468 e. The SMILES string of the molecule is CC(=O)Nc1ccc(S(=O)(=O)N(Cc2ccco2)C2CC(=O)N(c3ccc(S(N)(=O)=O)cc3)C2=O)cc1. The first-order valence-electron chi connectivity index (χ1n) is 10.8. The molecule has 194 valence electrons. The summed E-state index contributed by atoms with van der Waals surface area (Å²) in [5, 5.41) is 7.64. The van der Waals surface area contributed by atoms with Crippen LogP contribution in [-0.4, -0.2) is 44.9 Å². The summed E-state index contributed by atoms with van der Waals surface area (Å²) in [6.07, 6.45) is 0.906. The molecule has 1 fully saturated rings. The minimum absolute atomic E-state index is 0.0694. The standard InChI is InChI=1S/C23H22N4O8S2/c1-15(28)25-16-4-8-20(9-5-16)37(33,34)26(14-18-3-2-12-35-18)21-13-22(29)27(23(21)30)17-6-10-19(11-7-17)36(24,31)32/h2-12,21H,13-14H2,1H3,(H,25,28)(H2,24,31,32). The molecule has 4 rings (SSSR count). The molecule has 14 heteroatoms. The van der Waals surface area contributed by atoms with Gasteiger partial charge < -0.3 is 9.73 Å². The highest BCUT2D eigenvalue weighted by Gasteiger charge is 2.47. The number of nitrogens with zero attached hydrogens (tertiary/aromatic N) is 2. The van der Waals surface area contributed by atoms with Crippen LogP contribution in [0.25, 0.3) is 0 Å². The Balaban J connectivity index is 1.69. The number of furan rings is 1. The number of amides is 3. The maximum absolute atomic E-state index is 13.7. The third-order valence-electron chi connectivity index (χ3n) is 5.57.